The summed E-state index contributed by atoms with van der Waals surface area (Å²) in [6.07, 6.45) is 1.43. The molecule has 0 aliphatic rings. The lowest BCUT2D eigenvalue weighted by Crippen LogP contribution is -2.34. The molecule has 0 spiro atoms. The van der Waals surface area contributed by atoms with E-state index in [1.54, 1.807) is 7.11 Å². The van der Waals surface area contributed by atoms with Gasteiger partial charge in [0.15, 0.2) is 5.82 Å². The Morgan fingerprint density at radius 3 is 2.91 bits per heavy atom. The first-order chi connectivity index (χ1) is 5.23. The summed E-state index contributed by atoms with van der Waals surface area (Å²) in [5.41, 5.74) is 4.95. The maximum atomic E-state index is 5.50. The molecule has 0 radical (unpaired) electrons. The summed E-state index contributed by atoms with van der Waals surface area (Å²) < 4.78 is 5.17. The Labute approximate surface area is 65.0 Å². The van der Waals surface area contributed by atoms with Crippen LogP contribution in [-0.2, 0) is 10.3 Å². The Kier molecular flexibility index (Phi) is 2.21. The number of nitrogens with zero attached hydrogens (tertiary/aromatic N) is 2. The second kappa shape index (κ2) is 2.98. The highest BCUT2D eigenvalue weighted by atomic mass is 16.5. The molecule has 0 saturated heterocycles. The molecular weight excluding hydrogens is 144 g/mol. The van der Waals surface area contributed by atoms with Crippen molar-refractivity contribution in [1.82, 2.24) is 15.2 Å². The van der Waals surface area contributed by atoms with Gasteiger partial charge >= 0.3 is 0 Å². The number of rotatable bonds is 3. The molecule has 62 valence electrons. The van der Waals surface area contributed by atoms with Gasteiger partial charge < -0.3 is 10.5 Å². The predicted molar refractivity (Wildman–Crippen MR) is 39.8 cm³/mol. The van der Waals surface area contributed by atoms with Crippen LogP contribution in [0, 0.1) is 0 Å². The molecule has 0 fully saturated rings. The monoisotopic (exact) mass is 156 g/mol. The average molecular weight is 156 g/mol. The topological polar surface area (TPSA) is 76.8 Å². The van der Waals surface area contributed by atoms with Crippen LogP contribution in [0.25, 0.3) is 0 Å². The van der Waals surface area contributed by atoms with Crippen LogP contribution in [0.3, 0.4) is 0 Å². The van der Waals surface area contributed by atoms with Crippen LogP contribution >= 0.6 is 0 Å². The number of hydrogen-bond donors (Lipinski definition) is 2. The van der Waals surface area contributed by atoms with Crippen LogP contribution in [0.5, 0.6) is 0 Å². The minimum absolute atomic E-state index is 0.374. The molecule has 0 bridgehead atoms. The van der Waals surface area contributed by atoms with Gasteiger partial charge in [0, 0.05) is 13.7 Å². The molecule has 1 aromatic rings. The van der Waals surface area contributed by atoms with Crippen molar-refractivity contribution in [2.45, 2.75) is 12.5 Å². The number of H-pyrrole nitrogens is 1. The molecule has 1 rings (SSSR count). The third kappa shape index (κ3) is 1.38. The first-order valence-corrected chi connectivity index (χ1v) is 3.34. The molecule has 0 saturated carbocycles. The fraction of sp³-hybridized carbons (Fsp3) is 0.667. The quantitative estimate of drug-likeness (QED) is 0.625. The molecule has 5 heteroatoms. The zero-order chi connectivity index (χ0) is 8.32. The van der Waals surface area contributed by atoms with E-state index in [2.05, 4.69) is 15.2 Å². The maximum absolute atomic E-state index is 5.50. The molecule has 0 amide bonds. The predicted octanol–water partition coefficient (Wildman–Crippen LogP) is -0.375. The van der Waals surface area contributed by atoms with Gasteiger partial charge in [0.25, 0.3) is 0 Å². The van der Waals surface area contributed by atoms with Crippen LogP contribution < -0.4 is 5.73 Å². The summed E-state index contributed by atoms with van der Waals surface area (Å²) in [5.74, 6) is 0.655. The average Bonchev–Trinajstić information content (AvgIpc) is 2.55. The molecule has 1 heterocycles. The molecule has 0 aromatic carbocycles. The Morgan fingerprint density at radius 1 is 1.82 bits per heavy atom. The van der Waals surface area contributed by atoms with E-state index in [9.17, 15) is 0 Å². The van der Waals surface area contributed by atoms with Gasteiger partial charge in [-0.15, -0.1) is 0 Å². The molecule has 1 aromatic heterocycles. The van der Waals surface area contributed by atoms with E-state index in [0.717, 1.165) is 0 Å². The zero-order valence-electron chi connectivity index (χ0n) is 6.66. The van der Waals surface area contributed by atoms with Crippen LogP contribution in [-0.4, -0.2) is 28.8 Å². The van der Waals surface area contributed by atoms with Crippen molar-refractivity contribution < 1.29 is 4.74 Å². The molecule has 0 aliphatic carbocycles. The lowest BCUT2D eigenvalue weighted by molar-refractivity contribution is 0.00276. The largest absolute Gasteiger partial charge is 0.369 e. The summed E-state index contributed by atoms with van der Waals surface area (Å²) in [7, 11) is 1.59. The minimum Gasteiger partial charge on any atom is -0.369 e. The number of hydrogen-bond acceptors (Lipinski definition) is 4. The van der Waals surface area contributed by atoms with E-state index in [4.69, 9.17) is 10.5 Å². The lowest BCUT2D eigenvalue weighted by Gasteiger charge is -2.22. The first kappa shape index (κ1) is 8.16. The molecule has 1 atom stereocenters. The molecule has 11 heavy (non-hydrogen) atoms. The second-order valence-corrected chi connectivity index (χ2v) is 2.47. The third-order valence-electron chi connectivity index (χ3n) is 1.76. The first-order valence-electron chi connectivity index (χ1n) is 3.34. The number of aromatic nitrogens is 3. The highest BCUT2D eigenvalue weighted by Gasteiger charge is 2.27. The summed E-state index contributed by atoms with van der Waals surface area (Å²) >= 11 is 0. The highest BCUT2D eigenvalue weighted by molar-refractivity contribution is 4.97. The van der Waals surface area contributed by atoms with Crippen molar-refractivity contribution in [2.24, 2.45) is 5.73 Å². The van der Waals surface area contributed by atoms with Crippen molar-refractivity contribution in [1.29, 1.82) is 0 Å². The van der Waals surface area contributed by atoms with Gasteiger partial charge in [-0.3, -0.25) is 5.10 Å². The smallest absolute Gasteiger partial charge is 0.157 e. The number of methoxy groups -OCH3 is 1. The lowest BCUT2D eigenvalue weighted by atomic mass is 10.1. The van der Waals surface area contributed by atoms with Crippen LogP contribution in [0.2, 0.25) is 0 Å². The molecule has 0 aliphatic heterocycles. The zero-order valence-corrected chi connectivity index (χ0v) is 6.66. The van der Waals surface area contributed by atoms with Crippen molar-refractivity contribution in [3.63, 3.8) is 0 Å². The highest BCUT2D eigenvalue weighted by Crippen LogP contribution is 2.17. The fourth-order valence-corrected chi connectivity index (χ4v) is 0.737. The van der Waals surface area contributed by atoms with E-state index in [0.29, 0.717) is 12.4 Å². The number of ether oxygens (including phenoxy) is 1. The van der Waals surface area contributed by atoms with E-state index < -0.39 is 5.60 Å². The van der Waals surface area contributed by atoms with Crippen molar-refractivity contribution in [2.75, 3.05) is 13.7 Å². The van der Waals surface area contributed by atoms with Gasteiger partial charge in [-0.2, -0.15) is 5.10 Å². The summed E-state index contributed by atoms with van der Waals surface area (Å²) in [6, 6.07) is 0. The van der Waals surface area contributed by atoms with Crippen LogP contribution in [0.1, 0.15) is 12.7 Å². The molecule has 3 N–H and O–H groups in total. The van der Waals surface area contributed by atoms with Crippen molar-refractivity contribution in [3.8, 4) is 0 Å². The summed E-state index contributed by atoms with van der Waals surface area (Å²) in [6.45, 7) is 2.23. The van der Waals surface area contributed by atoms with Crippen molar-refractivity contribution >= 4 is 0 Å². The Bertz CT molecular complexity index is 204. The minimum atomic E-state index is -0.545. The van der Waals surface area contributed by atoms with Crippen LogP contribution in [0.4, 0.5) is 0 Å². The van der Waals surface area contributed by atoms with Crippen LogP contribution in [0.15, 0.2) is 6.33 Å². The SMILES string of the molecule is COC(C)(CN)c1ncn[nH]1. The summed E-state index contributed by atoms with van der Waals surface area (Å²) in [5, 5.41) is 6.43. The van der Waals surface area contributed by atoms with E-state index in [1.165, 1.54) is 6.33 Å². The molecule has 1 unspecified atom stereocenters. The number of nitrogens with one attached hydrogen (secondary N) is 1. The summed E-state index contributed by atoms with van der Waals surface area (Å²) in [4.78, 5) is 3.96. The molecule has 5 nitrogen and oxygen atoms in total. The van der Waals surface area contributed by atoms with E-state index >= 15 is 0 Å². The van der Waals surface area contributed by atoms with E-state index in [-0.39, 0.29) is 0 Å². The normalized spacial score (nSPS) is 16.3. The maximum Gasteiger partial charge on any atom is 0.157 e. The molecular formula is C6H12N4O. The van der Waals surface area contributed by atoms with Gasteiger partial charge in [0.1, 0.15) is 11.9 Å². The standard InChI is InChI=1S/C6H12N4O/c1-6(3-7,11-2)5-8-4-9-10-5/h4H,3,7H2,1-2H3,(H,8,9,10). The van der Waals surface area contributed by atoms with Gasteiger partial charge in [-0.05, 0) is 6.92 Å². The Hall–Kier alpha value is -0.940. The van der Waals surface area contributed by atoms with Gasteiger partial charge in [-0.25, -0.2) is 4.98 Å². The van der Waals surface area contributed by atoms with Crippen molar-refractivity contribution in [3.05, 3.63) is 12.2 Å². The second-order valence-electron chi connectivity index (χ2n) is 2.47. The van der Waals surface area contributed by atoms with Gasteiger partial charge in [0.05, 0.1) is 0 Å². The van der Waals surface area contributed by atoms with Gasteiger partial charge in [0.2, 0.25) is 0 Å². The fourth-order valence-electron chi connectivity index (χ4n) is 0.737. The number of nitrogens with two attached hydrogens (primary N) is 1. The van der Waals surface area contributed by atoms with Gasteiger partial charge in [-0.1, -0.05) is 0 Å². The van der Waals surface area contributed by atoms with E-state index in [1.807, 2.05) is 6.92 Å². The Morgan fingerprint density at radius 2 is 2.55 bits per heavy atom. The third-order valence-corrected chi connectivity index (χ3v) is 1.76. The Balaban J connectivity index is 2.87. The number of aromatic amines is 1.